The highest BCUT2D eigenvalue weighted by Crippen LogP contribution is 2.33. The molecule has 1 aliphatic rings. The molecule has 1 saturated heterocycles. The van der Waals surface area contributed by atoms with Crippen LogP contribution in [0, 0.1) is 10.1 Å². The van der Waals surface area contributed by atoms with Gasteiger partial charge in [-0.05, 0) is 71.4 Å². The summed E-state index contributed by atoms with van der Waals surface area (Å²) in [6.45, 7) is 0.272. The third-order valence-corrected chi connectivity index (χ3v) is 6.29. The van der Waals surface area contributed by atoms with Crippen molar-refractivity contribution >= 4 is 46.3 Å². The van der Waals surface area contributed by atoms with E-state index in [1.165, 1.54) is 35.9 Å². The summed E-state index contributed by atoms with van der Waals surface area (Å²) in [5.41, 5.74) is 2.57. The smallest absolute Gasteiger partial charge is 0.337 e. The van der Waals surface area contributed by atoms with E-state index in [2.05, 4.69) is 4.99 Å². The Morgan fingerprint density at radius 3 is 2.50 bits per heavy atom. The van der Waals surface area contributed by atoms with E-state index in [9.17, 15) is 19.7 Å². The molecule has 0 N–H and O–H groups in total. The topological polar surface area (TPSA) is 111 Å². The number of likely N-dealkylation sites (N-methyl/N-ethyl adjacent to an activating group) is 1. The predicted octanol–water partition coefficient (Wildman–Crippen LogP) is 5.19. The van der Waals surface area contributed by atoms with Gasteiger partial charge in [-0.2, -0.15) is 0 Å². The molecule has 3 aromatic carbocycles. The normalized spacial score (nSPS) is 15.4. The Hall–Kier alpha value is -4.44. The molecule has 1 fully saturated rings. The van der Waals surface area contributed by atoms with E-state index in [4.69, 9.17) is 9.47 Å². The van der Waals surface area contributed by atoms with Crippen molar-refractivity contribution in [2.24, 2.45) is 4.99 Å². The minimum Gasteiger partial charge on any atom is -0.489 e. The number of carbonyl (C=O) groups excluding carboxylic acids is 2. The average molecular weight is 504 g/mol. The zero-order valence-corrected chi connectivity index (χ0v) is 20.2. The van der Waals surface area contributed by atoms with Crippen molar-refractivity contribution in [1.29, 1.82) is 0 Å². The summed E-state index contributed by atoms with van der Waals surface area (Å²) in [4.78, 5) is 41.3. The van der Waals surface area contributed by atoms with E-state index in [1.807, 2.05) is 12.1 Å². The van der Waals surface area contributed by atoms with Crippen LogP contribution in [0.5, 0.6) is 5.75 Å². The highest BCUT2D eigenvalue weighted by molar-refractivity contribution is 8.18. The number of amidine groups is 1. The molecule has 0 aliphatic carbocycles. The number of hydrogen-bond acceptors (Lipinski definition) is 8. The zero-order valence-electron chi connectivity index (χ0n) is 19.4. The second kappa shape index (κ2) is 10.9. The van der Waals surface area contributed by atoms with Crippen LogP contribution in [0.15, 0.2) is 82.7 Å². The molecule has 10 heteroatoms. The van der Waals surface area contributed by atoms with Crippen molar-refractivity contribution in [3.8, 4) is 5.75 Å². The molecule has 4 rings (SSSR count). The minimum absolute atomic E-state index is 0.0315. The molecule has 0 spiro atoms. The summed E-state index contributed by atoms with van der Waals surface area (Å²) in [5, 5.41) is 11.2. The minimum atomic E-state index is -0.457. The number of hydrogen-bond donors (Lipinski definition) is 0. The summed E-state index contributed by atoms with van der Waals surface area (Å²) in [6, 6.07) is 20.1. The summed E-state index contributed by atoms with van der Waals surface area (Å²) >= 11 is 1.24. The van der Waals surface area contributed by atoms with Gasteiger partial charge in [0.15, 0.2) is 5.17 Å². The van der Waals surface area contributed by atoms with E-state index < -0.39 is 10.9 Å². The third-order valence-electron chi connectivity index (χ3n) is 5.23. The van der Waals surface area contributed by atoms with Crippen LogP contribution in [-0.4, -0.2) is 41.0 Å². The number of ether oxygens (including phenoxy) is 2. The fraction of sp³-hybridized carbons (Fsp3) is 0.115. The molecule has 0 radical (unpaired) electrons. The lowest BCUT2D eigenvalue weighted by Crippen LogP contribution is -2.23. The van der Waals surface area contributed by atoms with Gasteiger partial charge in [0.25, 0.3) is 11.6 Å². The number of aliphatic imine (C=N–C) groups is 1. The van der Waals surface area contributed by atoms with Crippen LogP contribution in [0.3, 0.4) is 0 Å². The molecule has 1 heterocycles. The number of rotatable bonds is 7. The Kier molecular flexibility index (Phi) is 7.45. The number of non-ortho nitro benzene ring substituents is 1. The van der Waals surface area contributed by atoms with Crippen molar-refractivity contribution < 1.29 is 24.0 Å². The molecular weight excluding hydrogens is 482 g/mol. The highest BCUT2D eigenvalue weighted by Gasteiger charge is 2.30. The Labute approximate surface area is 211 Å². The van der Waals surface area contributed by atoms with Crippen LogP contribution in [0.2, 0.25) is 0 Å². The first kappa shape index (κ1) is 24.7. The van der Waals surface area contributed by atoms with Gasteiger partial charge in [-0.3, -0.25) is 19.8 Å². The van der Waals surface area contributed by atoms with Crippen LogP contribution < -0.4 is 4.74 Å². The quantitative estimate of drug-likeness (QED) is 0.189. The van der Waals surface area contributed by atoms with Gasteiger partial charge in [0.05, 0.1) is 28.2 Å². The molecular formula is C26H21N3O6S. The van der Waals surface area contributed by atoms with Crippen LogP contribution in [0.1, 0.15) is 21.5 Å². The first-order valence-corrected chi connectivity index (χ1v) is 11.6. The number of nitrogens with zero attached hydrogens (tertiary/aromatic N) is 3. The van der Waals surface area contributed by atoms with Crippen LogP contribution >= 0.6 is 11.8 Å². The number of carbonyl (C=O) groups is 2. The van der Waals surface area contributed by atoms with E-state index in [0.717, 1.165) is 11.1 Å². The highest BCUT2D eigenvalue weighted by atomic mass is 32.2. The molecule has 36 heavy (non-hydrogen) atoms. The van der Waals surface area contributed by atoms with Gasteiger partial charge in [0.1, 0.15) is 12.4 Å². The van der Waals surface area contributed by atoms with Crippen molar-refractivity contribution in [1.82, 2.24) is 4.90 Å². The maximum absolute atomic E-state index is 12.7. The SMILES string of the molecule is COC(=O)c1cccc(N=C2SC(=Cc3ccc(OCc4ccc([N+](=O)[O-])cc4)cc3)C(=O)N2C)c1. The Balaban J connectivity index is 1.42. The second-order valence-corrected chi connectivity index (χ2v) is 8.70. The van der Waals surface area contributed by atoms with Gasteiger partial charge in [0.2, 0.25) is 0 Å². The molecule has 3 aromatic rings. The summed E-state index contributed by atoms with van der Waals surface area (Å²) < 4.78 is 10.5. The molecule has 0 bridgehead atoms. The number of nitro groups is 1. The first-order valence-electron chi connectivity index (χ1n) is 10.7. The van der Waals surface area contributed by atoms with Crippen LogP contribution in [0.25, 0.3) is 6.08 Å². The summed E-state index contributed by atoms with van der Waals surface area (Å²) in [5.74, 6) is -0.00607. The Morgan fingerprint density at radius 1 is 1.11 bits per heavy atom. The van der Waals surface area contributed by atoms with Crippen LogP contribution in [-0.2, 0) is 16.1 Å². The van der Waals surface area contributed by atoms with Gasteiger partial charge < -0.3 is 9.47 Å². The van der Waals surface area contributed by atoms with Gasteiger partial charge in [0, 0.05) is 19.2 Å². The first-order chi connectivity index (χ1) is 17.3. The fourth-order valence-corrected chi connectivity index (χ4v) is 4.26. The fourth-order valence-electron chi connectivity index (χ4n) is 3.27. The maximum Gasteiger partial charge on any atom is 0.337 e. The van der Waals surface area contributed by atoms with E-state index in [0.29, 0.717) is 27.1 Å². The number of thioether (sulfide) groups is 1. The number of amides is 1. The van der Waals surface area contributed by atoms with E-state index in [1.54, 1.807) is 61.7 Å². The third kappa shape index (κ3) is 5.78. The number of benzene rings is 3. The van der Waals surface area contributed by atoms with Crippen molar-refractivity contribution in [2.75, 3.05) is 14.2 Å². The molecule has 182 valence electrons. The summed E-state index contributed by atoms with van der Waals surface area (Å²) in [7, 11) is 2.96. The van der Waals surface area contributed by atoms with Gasteiger partial charge in [-0.25, -0.2) is 9.79 Å². The van der Waals surface area contributed by atoms with Gasteiger partial charge in [-0.15, -0.1) is 0 Å². The lowest BCUT2D eigenvalue weighted by molar-refractivity contribution is -0.384. The zero-order chi connectivity index (χ0) is 25.7. The molecule has 0 aromatic heterocycles. The Morgan fingerprint density at radius 2 is 1.83 bits per heavy atom. The van der Waals surface area contributed by atoms with Crippen LogP contribution in [0.4, 0.5) is 11.4 Å². The largest absolute Gasteiger partial charge is 0.489 e. The molecule has 0 atom stereocenters. The maximum atomic E-state index is 12.7. The molecule has 1 amide bonds. The lowest BCUT2D eigenvalue weighted by Gasteiger charge is -2.07. The number of esters is 1. The molecule has 1 aliphatic heterocycles. The number of methoxy groups -OCH3 is 1. The number of nitro benzene ring substituents is 1. The van der Waals surface area contributed by atoms with E-state index >= 15 is 0 Å². The van der Waals surface area contributed by atoms with Gasteiger partial charge in [-0.1, -0.05) is 18.2 Å². The molecule has 9 nitrogen and oxygen atoms in total. The molecule has 0 saturated carbocycles. The molecule has 0 unspecified atom stereocenters. The van der Waals surface area contributed by atoms with Crippen molar-refractivity contribution in [2.45, 2.75) is 6.61 Å². The predicted molar refractivity (Wildman–Crippen MR) is 137 cm³/mol. The monoisotopic (exact) mass is 503 g/mol. The Bertz CT molecular complexity index is 1370. The average Bonchev–Trinajstić information content (AvgIpc) is 3.15. The summed E-state index contributed by atoms with van der Waals surface area (Å²) in [6.07, 6.45) is 1.77. The van der Waals surface area contributed by atoms with Gasteiger partial charge >= 0.3 is 5.97 Å². The second-order valence-electron chi connectivity index (χ2n) is 7.69. The van der Waals surface area contributed by atoms with Crippen molar-refractivity contribution in [3.63, 3.8) is 0 Å². The van der Waals surface area contributed by atoms with Crippen molar-refractivity contribution in [3.05, 3.63) is 105 Å². The lowest BCUT2D eigenvalue weighted by atomic mass is 10.2. The standard InChI is InChI=1S/C26H21N3O6S/c1-28-24(30)23(36-26(28)27-20-5-3-4-19(15-20)25(31)34-2)14-17-8-12-22(13-9-17)35-16-18-6-10-21(11-7-18)29(32)33/h3-15H,16H2,1-2H3. The van der Waals surface area contributed by atoms with E-state index in [-0.39, 0.29) is 18.2 Å².